The topological polar surface area (TPSA) is 41.1 Å². The van der Waals surface area contributed by atoms with Gasteiger partial charge >= 0.3 is 0 Å². The molecule has 0 fully saturated rings. The second kappa shape index (κ2) is 8.66. The Morgan fingerprint density at radius 2 is 2.05 bits per heavy atom. The first-order valence-corrected chi connectivity index (χ1v) is 6.94. The van der Waals surface area contributed by atoms with E-state index in [1.54, 1.807) is 17.8 Å². The smallest absolute Gasteiger partial charge is 0.238 e. The zero-order valence-electron chi connectivity index (χ0n) is 10.4. The van der Waals surface area contributed by atoms with Gasteiger partial charge in [-0.15, -0.1) is 6.58 Å². The summed E-state index contributed by atoms with van der Waals surface area (Å²) in [6.45, 7) is 4.25. The maximum absolute atomic E-state index is 13.3. The second-order valence-electron chi connectivity index (χ2n) is 3.69. The third-order valence-electron chi connectivity index (χ3n) is 2.17. The summed E-state index contributed by atoms with van der Waals surface area (Å²) >= 11 is 1.68. The molecule has 1 rings (SSSR count). The van der Waals surface area contributed by atoms with Gasteiger partial charge in [-0.05, 0) is 12.1 Å². The summed E-state index contributed by atoms with van der Waals surface area (Å²) in [6, 6.07) is 3.44. The maximum atomic E-state index is 13.3. The lowest BCUT2D eigenvalue weighted by molar-refractivity contribution is -0.115. The third kappa shape index (κ3) is 5.85. The van der Waals surface area contributed by atoms with Crippen LogP contribution in [-0.2, 0) is 4.79 Å². The van der Waals surface area contributed by atoms with Gasteiger partial charge in [-0.25, -0.2) is 8.78 Å². The highest BCUT2D eigenvalue weighted by Gasteiger charge is 2.11. The maximum Gasteiger partial charge on any atom is 0.238 e. The molecule has 0 aliphatic rings. The monoisotopic (exact) mass is 286 g/mol. The summed E-state index contributed by atoms with van der Waals surface area (Å²) in [7, 11) is 0. The number of nitrogens with one attached hydrogen (secondary N) is 2. The first-order chi connectivity index (χ1) is 9.15. The normalized spacial score (nSPS) is 10.2. The lowest BCUT2D eigenvalue weighted by Crippen LogP contribution is -2.30. The van der Waals surface area contributed by atoms with Gasteiger partial charge in [0.05, 0.1) is 6.54 Å². The van der Waals surface area contributed by atoms with E-state index in [4.69, 9.17) is 0 Å². The molecule has 0 radical (unpaired) electrons. The van der Waals surface area contributed by atoms with Crippen molar-refractivity contribution in [2.75, 3.05) is 29.9 Å². The summed E-state index contributed by atoms with van der Waals surface area (Å²) < 4.78 is 26.5. The molecule has 0 aliphatic heterocycles. The summed E-state index contributed by atoms with van der Waals surface area (Å²) in [4.78, 5) is 11.5. The van der Waals surface area contributed by atoms with E-state index in [2.05, 4.69) is 17.2 Å². The molecule has 1 aromatic carbocycles. The van der Waals surface area contributed by atoms with Crippen molar-refractivity contribution in [1.82, 2.24) is 5.32 Å². The Morgan fingerprint density at radius 3 is 2.68 bits per heavy atom. The van der Waals surface area contributed by atoms with Crippen molar-refractivity contribution >= 4 is 23.4 Å². The SMILES string of the molecule is C=CCSCCNCC(=O)Nc1c(F)cccc1F. The highest BCUT2D eigenvalue weighted by atomic mass is 32.2. The molecule has 1 aromatic rings. The number of rotatable bonds is 8. The molecular formula is C13H16F2N2OS. The number of hydrogen-bond acceptors (Lipinski definition) is 3. The van der Waals surface area contributed by atoms with Gasteiger partial charge in [-0.3, -0.25) is 4.79 Å². The predicted molar refractivity (Wildman–Crippen MR) is 75.4 cm³/mol. The third-order valence-corrected chi connectivity index (χ3v) is 3.14. The minimum Gasteiger partial charge on any atom is -0.320 e. The summed E-state index contributed by atoms with van der Waals surface area (Å²) in [5.41, 5.74) is -0.407. The van der Waals surface area contributed by atoms with Crippen LogP contribution in [0.4, 0.5) is 14.5 Å². The summed E-state index contributed by atoms with van der Waals surface area (Å²) in [6.07, 6.45) is 1.80. The van der Waals surface area contributed by atoms with E-state index in [0.717, 1.165) is 23.6 Å². The Hall–Kier alpha value is -1.40. The fourth-order valence-corrected chi connectivity index (χ4v) is 1.94. The van der Waals surface area contributed by atoms with Crippen LogP contribution in [0.3, 0.4) is 0 Å². The molecule has 1 amide bonds. The Morgan fingerprint density at radius 1 is 1.37 bits per heavy atom. The summed E-state index contributed by atoms with van der Waals surface area (Å²) in [5.74, 6) is -0.343. The Kier molecular flexibility index (Phi) is 7.14. The minimum atomic E-state index is -0.783. The van der Waals surface area contributed by atoms with Crippen LogP contribution in [0.2, 0.25) is 0 Å². The molecule has 0 saturated carbocycles. The van der Waals surface area contributed by atoms with E-state index < -0.39 is 23.2 Å². The molecule has 0 atom stereocenters. The molecule has 0 bridgehead atoms. The molecule has 0 heterocycles. The van der Waals surface area contributed by atoms with Gasteiger partial charge < -0.3 is 10.6 Å². The second-order valence-corrected chi connectivity index (χ2v) is 4.84. The van der Waals surface area contributed by atoms with Crippen LogP contribution in [0.25, 0.3) is 0 Å². The zero-order chi connectivity index (χ0) is 14.1. The number of amides is 1. The highest BCUT2D eigenvalue weighted by Crippen LogP contribution is 2.17. The van der Waals surface area contributed by atoms with Crippen molar-refractivity contribution in [2.45, 2.75) is 0 Å². The van der Waals surface area contributed by atoms with Gasteiger partial charge in [-0.1, -0.05) is 12.1 Å². The van der Waals surface area contributed by atoms with Gasteiger partial charge in [0.2, 0.25) is 5.91 Å². The van der Waals surface area contributed by atoms with E-state index >= 15 is 0 Å². The fraction of sp³-hybridized carbons (Fsp3) is 0.308. The highest BCUT2D eigenvalue weighted by molar-refractivity contribution is 7.99. The van der Waals surface area contributed by atoms with E-state index in [-0.39, 0.29) is 6.54 Å². The average Bonchev–Trinajstić information content (AvgIpc) is 2.38. The largest absolute Gasteiger partial charge is 0.320 e. The van der Waals surface area contributed by atoms with Crippen molar-refractivity contribution in [2.24, 2.45) is 0 Å². The number of benzene rings is 1. The number of para-hydroxylation sites is 1. The number of anilines is 1. The molecule has 0 aliphatic carbocycles. The molecule has 104 valence electrons. The lowest BCUT2D eigenvalue weighted by atomic mass is 10.3. The van der Waals surface area contributed by atoms with Crippen molar-refractivity contribution in [3.63, 3.8) is 0 Å². The van der Waals surface area contributed by atoms with Crippen LogP contribution in [0.5, 0.6) is 0 Å². The molecule has 2 N–H and O–H groups in total. The molecular weight excluding hydrogens is 270 g/mol. The molecule has 0 saturated heterocycles. The number of carbonyl (C=O) groups is 1. The van der Waals surface area contributed by atoms with E-state index in [1.807, 2.05) is 0 Å². The summed E-state index contributed by atoms with van der Waals surface area (Å²) in [5, 5.41) is 5.10. The molecule has 3 nitrogen and oxygen atoms in total. The Labute approximate surface area is 115 Å². The van der Waals surface area contributed by atoms with E-state index in [1.165, 1.54) is 6.07 Å². The minimum absolute atomic E-state index is 0.0163. The number of hydrogen-bond donors (Lipinski definition) is 2. The van der Waals surface area contributed by atoms with Gasteiger partial charge in [0.15, 0.2) is 0 Å². The molecule has 0 spiro atoms. The Bertz CT molecular complexity index is 420. The standard InChI is InChI=1S/C13H16F2N2OS/c1-2-7-19-8-6-16-9-12(18)17-13-10(14)4-3-5-11(13)15/h2-5,16H,1,6-9H2,(H,17,18). The quantitative estimate of drug-likeness (QED) is 0.569. The van der Waals surface area contributed by atoms with E-state index in [0.29, 0.717) is 6.54 Å². The zero-order valence-corrected chi connectivity index (χ0v) is 11.2. The Balaban J connectivity index is 2.29. The first-order valence-electron chi connectivity index (χ1n) is 5.78. The van der Waals surface area contributed by atoms with Gasteiger partial charge in [0.25, 0.3) is 0 Å². The molecule has 0 aromatic heterocycles. The predicted octanol–water partition coefficient (Wildman–Crippen LogP) is 2.41. The average molecular weight is 286 g/mol. The van der Waals surface area contributed by atoms with Crippen LogP contribution in [0, 0.1) is 11.6 Å². The van der Waals surface area contributed by atoms with Crippen LogP contribution >= 0.6 is 11.8 Å². The van der Waals surface area contributed by atoms with Crippen LogP contribution in [-0.4, -0.2) is 30.5 Å². The van der Waals surface area contributed by atoms with Gasteiger partial charge in [0, 0.05) is 18.1 Å². The van der Waals surface area contributed by atoms with Crippen molar-refractivity contribution in [3.05, 3.63) is 42.5 Å². The molecule has 19 heavy (non-hydrogen) atoms. The van der Waals surface area contributed by atoms with Gasteiger partial charge in [-0.2, -0.15) is 11.8 Å². The van der Waals surface area contributed by atoms with Crippen molar-refractivity contribution in [1.29, 1.82) is 0 Å². The van der Waals surface area contributed by atoms with Crippen molar-refractivity contribution in [3.8, 4) is 0 Å². The van der Waals surface area contributed by atoms with Crippen LogP contribution in [0.1, 0.15) is 0 Å². The lowest BCUT2D eigenvalue weighted by Gasteiger charge is -2.08. The number of thioether (sulfide) groups is 1. The number of carbonyl (C=O) groups excluding carboxylic acids is 1. The van der Waals surface area contributed by atoms with Crippen LogP contribution in [0.15, 0.2) is 30.9 Å². The first kappa shape index (κ1) is 15.7. The van der Waals surface area contributed by atoms with E-state index in [9.17, 15) is 13.6 Å². The fourth-order valence-electron chi connectivity index (χ4n) is 1.31. The van der Waals surface area contributed by atoms with Crippen molar-refractivity contribution < 1.29 is 13.6 Å². The number of halogens is 2. The molecule has 0 unspecified atom stereocenters. The molecule has 6 heteroatoms. The van der Waals surface area contributed by atoms with Gasteiger partial charge in [0.1, 0.15) is 17.3 Å². The van der Waals surface area contributed by atoms with Crippen LogP contribution < -0.4 is 10.6 Å².